The lowest BCUT2D eigenvalue weighted by Crippen LogP contribution is -2.26. The Morgan fingerprint density at radius 2 is 1.54 bits per heavy atom. The second kappa shape index (κ2) is 8.56. The lowest BCUT2D eigenvalue weighted by Gasteiger charge is -2.17. The van der Waals surface area contributed by atoms with Crippen LogP contribution in [-0.4, -0.2) is 25.7 Å². The maximum absolute atomic E-state index is 12.7. The van der Waals surface area contributed by atoms with Crippen molar-refractivity contribution in [1.29, 1.82) is 0 Å². The molecule has 0 spiro atoms. The molecule has 0 fully saturated rings. The van der Waals surface area contributed by atoms with E-state index in [4.69, 9.17) is 11.6 Å². The molecule has 0 aromatic heterocycles. The molecular weight excluding hydrogens is 396 g/mol. The highest BCUT2D eigenvalue weighted by molar-refractivity contribution is 7.89. The van der Waals surface area contributed by atoms with E-state index in [1.54, 1.807) is 43.4 Å². The van der Waals surface area contributed by atoms with Crippen LogP contribution in [0.4, 0.5) is 5.69 Å². The highest BCUT2D eigenvalue weighted by Crippen LogP contribution is 2.20. The van der Waals surface area contributed by atoms with Crippen LogP contribution in [0, 0.1) is 0 Å². The minimum atomic E-state index is -3.63. The lowest BCUT2D eigenvalue weighted by molar-refractivity contribution is 0.102. The van der Waals surface area contributed by atoms with Crippen molar-refractivity contribution in [2.75, 3.05) is 12.4 Å². The molecule has 0 saturated heterocycles. The van der Waals surface area contributed by atoms with Gasteiger partial charge in [-0.3, -0.25) is 4.79 Å². The van der Waals surface area contributed by atoms with Crippen molar-refractivity contribution in [2.24, 2.45) is 0 Å². The summed E-state index contributed by atoms with van der Waals surface area (Å²) >= 11 is 5.82. The third kappa shape index (κ3) is 4.78. The van der Waals surface area contributed by atoms with Gasteiger partial charge in [-0.05, 0) is 54.1 Å². The molecule has 3 aromatic rings. The highest BCUT2D eigenvalue weighted by Gasteiger charge is 2.21. The summed E-state index contributed by atoms with van der Waals surface area (Å²) in [5.41, 5.74) is 1.87. The van der Waals surface area contributed by atoms with Crippen molar-refractivity contribution in [1.82, 2.24) is 4.31 Å². The monoisotopic (exact) mass is 414 g/mol. The number of anilines is 1. The number of hydrogen-bond acceptors (Lipinski definition) is 3. The van der Waals surface area contributed by atoms with E-state index in [0.717, 1.165) is 5.56 Å². The Hall–Kier alpha value is -2.67. The number of rotatable bonds is 6. The predicted molar refractivity (Wildman–Crippen MR) is 111 cm³/mol. The molecule has 0 aliphatic carbocycles. The van der Waals surface area contributed by atoms with E-state index in [-0.39, 0.29) is 17.3 Å². The molecule has 1 amide bonds. The van der Waals surface area contributed by atoms with Gasteiger partial charge in [-0.1, -0.05) is 41.9 Å². The first kappa shape index (κ1) is 20.1. The molecule has 0 bridgehead atoms. The molecule has 0 aliphatic heterocycles. The van der Waals surface area contributed by atoms with Crippen molar-refractivity contribution < 1.29 is 13.2 Å². The van der Waals surface area contributed by atoms with Crippen LogP contribution in [0.25, 0.3) is 0 Å². The summed E-state index contributed by atoms with van der Waals surface area (Å²) in [6.07, 6.45) is 0. The van der Waals surface area contributed by atoms with Gasteiger partial charge in [-0.15, -0.1) is 0 Å². The van der Waals surface area contributed by atoms with Crippen molar-refractivity contribution in [3.05, 3.63) is 95.0 Å². The SMILES string of the molecule is CN(Cc1ccccc1)S(=O)(=O)c1ccc(NC(=O)c2ccc(Cl)cc2)cc1. The van der Waals surface area contributed by atoms with Gasteiger partial charge < -0.3 is 5.32 Å². The quantitative estimate of drug-likeness (QED) is 0.649. The van der Waals surface area contributed by atoms with Gasteiger partial charge in [-0.25, -0.2) is 8.42 Å². The molecule has 0 aliphatic rings. The topological polar surface area (TPSA) is 66.5 Å². The first-order chi connectivity index (χ1) is 13.4. The van der Waals surface area contributed by atoms with Crippen molar-refractivity contribution in [3.63, 3.8) is 0 Å². The van der Waals surface area contributed by atoms with Gasteiger partial charge >= 0.3 is 0 Å². The zero-order valence-corrected chi connectivity index (χ0v) is 16.7. The van der Waals surface area contributed by atoms with E-state index in [9.17, 15) is 13.2 Å². The van der Waals surface area contributed by atoms with E-state index >= 15 is 0 Å². The zero-order valence-electron chi connectivity index (χ0n) is 15.2. The van der Waals surface area contributed by atoms with Crippen LogP contribution in [0.3, 0.4) is 0 Å². The third-order valence-electron chi connectivity index (χ3n) is 4.17. The second-order valence-corrected chi connectivity index (χ2v) is 8.71. The zero-order chi connectivity index (χ0) is 20.1. The molecule has 28 heavy (non-hydrogen) atoms. The summed E-state index contributed by atoms with van der Waals surface area (Å²) in [6.45, 7) is 0.276. The minimum Gasteiger partial charge on any atom is -0.322 e. The van der Waals surface area contributed by atoms with Gasteiger partial charge in [0.25, 0.3) is 5.91 Å². The van der Waals surface area contributed by atoms with Crippen molar-refractivity contribution in [3.8, 4) is 0 Å². The Morgan fingerprint density at radius 3 is 2.14 bits per heavy atom. The molecule has 0 saturated carbocycles. The van der Waals surface area contributed by atoms with Crippen LogP contribution in [0.5, 0.6) is 0 Å². The fraction of sp³-hybridized carbons (Fsp3) is 0.0952. The van der Waals surface area contributed by atoms with E-state index < -0.39 is 10.0 Å². The number of amides is 1. The number of carbonyl (C=O) groups excluding carboxylic acids is 1. The Bertz CT molecular complexity index is 1050. The number of nitrogens with zero attached hydrogens (tertiary/aromatic N) is 1. The molecule has 5 nitrogen and oxygen atoms in total. The summed E-state index contributed by atoms with van der Waals surface area (Å²) < 4.78 is 26.8. The fourth-order valence-corrected chi connectivity index (χ4v) is 3.91. The molecular formula is C21H19ClN2O3S. The Labute approximate surface area is 169 Å². The third-order valence-corrected chi connectivity index (χ3v) is 6.24. The Balaban J connectivity index is 1.70. The molecule has 0 radical (unpaired) electrons. The molecule has 0 heterocycles. The molecule has 0 unspecified atom stereocenters. The van der Waals surface area contributed by atoms with Crippen LogP contribution in [0.2, 0.25) is 5.02 Å². The number of nitrogens with one attached hydrogen (secondary N) is 1. The van der Waals surface area contributed by atoms with Gasteiger partial charge in [0.15, 0.2) is 0 Å². The van der Waals surface area contributed by atoms with E-state index in [0.29, 0.717) is 16.3 Å². The number of sulfonamides is 1. The molecule has 0 atom stereocenters. The number of hydrogen-bond donors (Lipinski definition) is 1. The van der Waals surface area contributed by atoms with Crippen LogP contribution < -0.4 is 5.32 Å². The largest absolute Gasteiger partial charge is 0.322 e. The molecule has 3 aromatic carbocycles. The normalized spacial score (nSPS) is 11.4. The number of halogens is 1. The van der Waals surface area contributed by atoms with Crippen LogP contribution in [-0.2, 0) is 16.6 Å². The van der Waals surface area contributed by atoms with Crippen molar-refractivity contribution >= 4 is 33.2 Å². The van der Waals surface area contributed by atoms with Crippen LogP contribution >= 0.6 is 11.6 Å². The van der Waals surface area contributed by atoms with Gasteiger partial charge in [0.2, 0.25) is 10.0 Å². The first-order valence-corrected chi connectivity index (χ1v) is 10.4. The lowest BCUT2D eigenvalue weighted by atomic mass is 10.2. The first-order valence-electron chi connectivity index (χ1n) is 8.53. The number of benzene rings is 3. The summed E-state index contributed by atoms with van der Waals surface area (Å²) in [6, 6.07) is 22.0. The standard InChI is InChI=1S/C21H19ClN2O3S/c1-24(15-16-5-3-2-4-6-16)28(26,27)20-13-11-19(12-14-20)23-21(25)17-7-9-18(22)10-8-17/h2-14H,15H2,1H3,(H,23,25). The molecule has 1 N–H and O–H groups in total. The predicted octanol–water partition coefficient (Wildman–Crippen LogP) is 4.41. The summed E-state index contributed by atoms with van der Waals surface area (Å²) in [5, 5.41) is 3.28. The van der Waals surface area contributed by atoms with E-state index in [1.807, 2.05) is 30.3 Å². The van der Waals surface area contributed by atoms with Gasteiger partial charge in [0, 0.05) is 29.9 Å². The average molecular weight is 415 g/mol. The summed E-state index contributed by atoms with van der Waals surface area (Å²) in [4.78, 5) is 12.4. The fourth-order valence-electron chi connectivity index (χ4n) is 2.62. The van der Waals surface area contributed by atoms with Crippen LogP contribution in [0.15, 0.2) is 83.8 Å². The van der Waals surface area contributed by atoms with E-state index in [2.05, 4.69) is 5.32 Å². The van der Waals surface area contributed by atoms with Crippen molar-refractivity contribution in [2.45, 2.75) is 11.4 Å². The summed E-state index contributed by atoms with van der Waals surface area (Å²) in [7, 11) is -2.09. The van der Waals surface area contributed by atoms with E-state index in [1.165, 1.54) is 16.4 Å². The highest BCUT2D eigenvalue weighted by atomic mass is 35.5. The molecule has 7 heteroatoms. The minimum absolute atomic E-state index is 0.162. The number of carbonyl (C=O) groups is 1. The van der Waals surface area contributed by atoms with Gasteiger partial charge in [0.05, 0.1) is 4.90 Å². The molecule has 3 rings (SSSR count). The maximum atomic E-state index is 12.7. The summed E-state index contributed by atoms with van der Waals surface area (Å²) in [5.74, 6) is -0.298. The van der Waals surface area contributed by atoms with Crippen LogP contribution in [0.1, 0.15) is 15.9 Å². The molecule has 144 valence electrons. The Kier molecular flexibility index (Phi) is 6.14. The smallest absolute Gasteiger partial charge is 0.255 e. The second-order valence-electron chi connectivity index (χ2n) is 6.23. The van der Waals surface area contributed by atoms with Gasteiger partial charge in [0.1, 0.15) is 0 Å². The average Bonchev–Trinajstić information content (AvgIpc) is 2.69. The Morgan fingerprint density at radius 1 is 0.929 bits per heavy atom. The van der Waals surface area contributed by atoms with Gasteiger partial charge in [-0.2, -0.15) is 4.31 Å². The maximum Gasteiger partial charge on any atom is 0.255 e.